The van der Waals surface area contributed by atoms with E-state index in [1.54, 1.807) is 18.3 Å². The van der Waals surface area contributed by atoms with Gasteiger partial charge in [0.2, 0.25) is 0 Å². The van der Waals surface area contributed by atoms with E-state index >= 15 is 0 Å². The van der Waals surface area contributed by atoms with Gasteiger partial charge in [0.05, 0.1) is 11.1 Å². The summed E-state index contributed by atoms with van der Waals surface area (Å²) in [5, 5.41) is 14.3. The number of oxime groups is 1. The summed E-state index contributed by atoms with van der Waals surface area (Å²) in [6.07, 6.45) is 1.55. The number of rotatable bonds is 8. The van der Waals surface area contributed by atoms with Crippen LogP contribution in [0, 0.1) is 10.1 Å². The van der Waals surface area contributed by atoms with Gasteiger partial charge in [0.1, 0.15) is 6.61 Å². The average molecular weight is 265 g/mol. The molecule has 104 valence electrons. The zero-order valence-electron chi connectivity index (χ0n) is 11.3. The fourth-order valence-electron chi connectivity index (χ4n) is 1.54. The number of nitrogens with zero attached hydrogens (tertiary/aromatic N) is 3. The van der Waals surface area contributed by atoms with Gasteiger partial charge in [-0.25, -0.2) is 0 Å². The Labute approximate surface area is 112 Å². The molecule has 0 heterocycles. The van der Waals surface area contributed by atoms with Crippen LogP contribution in [0.4, 0.5) is 5.69 Å². The van der Waals surface area contributed by atoms with E-state index in [1.807, 2.05) is 0 Å². The fraction of sp³-hybridized carbons (Fsp3) is 0.462. The monoisotopic (exact) mass is 265 g/mol. The van der Waals surface area contributed by atoms with Crippen molar-refractivity contribution in [2.75, 3.05) is 26.2 Å². The van der Waals surface area contributed by atoms with E-state index in [-0.39, 0.29) is 5.69 Å². The van der Waals surface area contributed by atoms with Crippen LogP contribution in [-0.2, 0) is 4.84 Å². The minimum Gasteiger partial charge on any atom is -0.394 e. The molecule has 0 aromatic heterocycles. The van der Waals surface area contributed by atoms with Crippen molar-refractivity contribution >= 4 is 11.9 Å². The summed E-state index contributed by atoms with van der Waals surface area (Å²) in [4.78, 5) is 17.4. The molecule has 1 aromatic carbocycles. The molecular weight excluding hydrogens is 246 g/mol. The molecule has 0 saturated heterocycles. The summed E-state index contributed by atoms with van der Waals surface area (Å²) in [5.41, 5.74) is 0.841. The van der Waals surface area contributed by atoms with Gasteiger partial charge in [-0.3, -0.25) is 10.1 Å². The van der Waals surface area contributed by atoms with Gasteiger partial charge in [0.25, 0.3) is 5.69 Å². The normalized spacial score (nSPS) is 11.1. The molecule has 0 unspecified atom stereocenters. The van der Waals surface area contributed by atoms with Crippen LogP contribution in [-0.4, -0.2) is 42.3 Å². The van der Waals surface area contributed by atoms with E-state index in [2.05, 4.69) is 23.9 Å². The molecule has 0 N–H and O–H groups in total. The number of benzene rings is 1. The van der Waals surface area contributed by atoms with E-state index in [1.165, 1.54) is 12.1 Å². The third kappa shape index (κ3) is 5.48. The molecule has 0 spiro atoms. The lowest BCUT2D eigenvalue weighted by Crippen LogP contribution is -2.26. The molecule has 0 radical (unpaired) electrons. The SMILES string of the molecule is CCN(CC)CCO/N=C/c1ccc([N+](=O)[O-])cc1. The zero-order chi connectivity index (χ0) is 14.1. The van der Waals surface area contributed by atoms with Crippen LogP contribution in [0.25, 0.3) is 0 Å². The minimum absolute atomic E-state index is 0.0691. The Bertz CT molecular complexity index is 414. The van der Waals surface area contributed by atoms with Crippen molar-refractivity contribution < 1.29 is 9.76 Å². The highest BCUT2D eigenvalue weighted by Gasteiger charge is 2.02. The lowest BCUT2D eigenvalue weighted by Gasteiger charge is -2.16. The van der Waals surface area contributed by atoms with Crippen LogP contribution in [0.1, 0.15) is 19.4 Å². The van der Waals surface area contributed by atoms with Gasteiger partial charge < -0.3 is 9.74 Å². The Hall–Kier alpha value is -1.95. The van der Waals surface area contributed by atoms with Crippen molar-refractivity contribution in [1.82, 2.24) is 4.90 Å². The first-order valence-electron chi connectivity index (χ1n) is 6.29. The van der Waals surface area contributed by atoms with Gasteiger partial charge in [-0.1, -0.05) is 19.0 Å². The highest BCUT2D eigenvalue weighted by atomic mass is 16.6. The highest BCUT2D eigenvalue weighted by molar-refractivity contribution is 5.79. The van der Waals surface area contributed by atoms with E-state index in [0.29, 0.717) is 6.61 Å². The maximum Gasteiger partial charge on any atom is 0.269 e. The fourth-order valence-corrected chi connectivity index (χ4v) is 1.54. The van der Waals surface area contributed by atoms with Crippen LogP contribution in [0.2, 0.25) is 0 Å². The van der Waals surface area contributed by atoms with Crippen molar-refractivity contribution in [2.24, 2.45) is 5.16 Å². The predicted molar refractivity (Wildman–Crippen MR) is 74.4 cm³/mol. The lowest BCUT2D eigenvalue weighted by atomic mass is 10.2. The Morgan fingerprint density at radius 2 is 1.95 bits per heavy atom. The third-order valence-corrected chi connectivity index (χ3v) is 2.77. The topological polar surface area (TPSA) is 68.0 Å². The van der Waals surface area contributed by atoms with Gasteiger partial charge in [-0.05, 0) is 30.8 Å². The van der Waals surface area contributed by atoms with Gasteiger partial charge in [0, 0.05) is 18.7 Å². The van der Waals surface area contributed by atoms with Crippen molar-refractivity contribution in [3.8, 4) is 0 Å². The molecule has 0 saturated carbocycles. The number of likely N-dealkylation sites (N-methyl/N-ethyl adjacent to an activating group) is 1. The predicted octanol–water partition coefficient (Wildman–Crippen LogP) is 2.29. The molecule has 0 aliphatic rings. The third-order valence-electron chi connectivity index (χ3n) is 2.77. The Morgan fingerprint density at radius 3 is 2.47 bits per heavy atom. The number of hydrogen-bond acceptors (Lipinski definition) is 5. The summed E-state index contributed by atoms with van der Waals surface area (Å²) >= 11 is 0. The molecule has 0 aliphatic heterocycles. The Kier molecular flexibility index (Phi) is 6.52. The van der Waals surface area contributed by atoms with Crippen LogP contribution in [0.5, 0.6) is 0 Å². The molecule has 1 rings (SSSR count). The molecule has 0 amide bonds. The summed E-state index contributed by atoms with van der Waals surface area (Å²) in [7, 11) is 0. The molecule has 0 fully saturated rings. The molecule has 19 heavy (non-hydrogen) atoms. The van der Waals surface area contributed by atoms with Gasteiger partial charge in [-0.2, -0.15) is 0 Å². The second-order valence-corrected chi connectivity index (χ2v) is 3.94. The van der Waals surface area contributed by atoms with Gasteiger partial charge in [-0.15, -0.1) is 0 Å². The summed E-state index contributed by atoms with van der Waals surface area (Å²) in [6, 6.07) is 6.15. The Balaban J connectivity index is 2.34. The molecule has 0 atom stereocenters. The molecular formula is C13H19N3O3. The van der Waals surface area contributed by atoms with Crippen LogP contribution in [0.15, 0.2) is 29.4 Å². The first kappa shape index (κ1) is 15.1. The lowest BCUT2D eigenvalue weighted by molar-refractivity contribution is -0.384. The smallest absolute Gasteiger partial charge is 0.269 e. The molecule has 6 heteroatoms. The summed E-state index contributed by atoms with van der Waals surface area (Å²) in [5.74, 6) is 0. The maximum atomic E-state index is 10.5. The van der Waals surface area contributed by atoms with Crippen LogP contribution in [0.3, 0.4) is 0 Å². The van der Waals surface area contributed by atoms with E-state index in [4.69, 9.17) is 4.84 Å². The second kappa shape index (κ2) is 8.20. The maximum absolute atomic E-state index is 10.5. The van der Waals surface area contributed by atoms with Gasteiger partial charge >= 0.3 is 0 Å². The van der Waals surface area contributed by atoms with Gasteiger partial charge in [0.15, 0.2) is 0 Å². The standard InChI is InChI=1S/C13H19N3O3/c1-3-15(4-2)9-10-19-14-11-12-5-7-13(8-6-12)16(17)18/h5-8,11H,3-4,9-10H2,1-2H3/b14-11+. The first-order valence-corrected chi connectivity index (χ1v) is 6.29. The number of nitro benzene ring substituents is 1. The first-order chi connectivity index (χ1) is 9.17. The molecule has 1 aromatic rings. The number of nitro groups is 1. The largest absolute Gasteiger partial charge is 0.394 e. The molecule has 0 aliphatic carbocycles. The van der Waals surface area contributed by atoms with Crippen LogP contribution < -0.4 is 0 Å². The number of hydrogen-bond donors (Lipinski definition) is 0. The molecule has 6 nitrogen and oxygen atoms in total. The highest BCUT2D eigenvalue weighted by Crippen LogP contribution is 2.10. The Morgan fingerprint density at radius 1 is 1.32 bits per heavy atom. The summed E-state index contributed by atoms with van der Waals surface area (Å²) < 4.78 is 0. The molecule has 0 bridgehead atoms. The second-order valence-electron chi connectivity index (χ2n) is 3.94. The van der Waals surface area contributed by atoms with Crippen molar-refractivity contribution in [3.05, 3.63) is 39.9 Å². The van der Waals surface area contributed by atoms with Crippen molar-refractivity contribution in [2.45, 2.75) is 13.8 Å². The number of non-ortho nitro benzene ring substituents is 1. The minimum atomic E-state index is -0.429. The quantitative estimate of drug-likeness (QED) is 0.313. The van der Waals surface area contributed by atoms with Crippen molar-refractivity contribution in [1.29, 1.82) is 0 Å². The van der Waals surface area contributed by atoms with E-state index in [9.17, 15) is 10.1 Å². The van der Waals surface area contributed by atoms with E-state index in [0.717, 1.165) is 25.2 Å². The average Bonchev–Trinajstić information content (AvgIpc) is 2.43. The van der Waals surface area contributed by atoms with Crippen LogP contribution >= 0.6 is 0 Å². The van der Waals surface area contributed by atoms with E-state index < -0.39 is 4.92 Å². The van der Waals surface area contributed by atoms with Crippen molar-refractivity contribution in [3.63, 3.8) is 0 Å². The zero-order valence-corrected chi connectivity index (χ0v) is 11.3. The summed E-state index contributed by atoms with van der Waals surface area (Å²) in [6.45, 7) is 7.56.